The maximum absolute atomic E-state index is 11.5. The van der Waals surface area contributed by atoms with Crippen molar-refractivity contribution >= 4 is 29.3 Å². The molecule has 1 aliphatic heterocycles. The van der Waals surface area contributed by atoms with Gasteiger partial charge in [-0.15, -0.1) is 5.10 Å². The van der Waals surface area contributed by atoms with Crippen LogP contribution in [0.3, 0.4) is 0 Å². The zero-order valence-electron chi connectivity index (χ0n) is 12.0. The van der Waals surface area contributed by atoms with Crippen LogP contribution in [-0.2, 0) is 4.79 Å². The van der Waals surface area contributed by atoms with Crippen molar-refractivity contribution in [2.75, 3.05) is 18.8 Å². The van der Waals surface area contributed by atoms with Gasteiger partial charge in [0.25, 0.3) is 0 Å². The number of tetrazole rings is 1. The predicted molar refractivity (Wildman–Crippen MR) is 85.3 cm³/mol. The second-order valence-corrected chi connectivity index (χ2v) is 6.54. The van der Waals surface area contributed by atoms with E-state index in [-0.39, 0.29) is 5.91 Å². The summed E-state index contributed by atoms with van der Waals surface area (Å²) < 4.78 is 1.68. The first-order chi connectivity index (χ1) is 10.7. The molecule has 1 aromatic carbocycles. The third kappa shape index (κ3) is 3.59. The molecule has 0 saturated carbocycles. The molecule has 0 N–H and O–H groups in total. The Morgan fingerprint density at radius 3 is 3.05 bits per heavy atom. The number of rotatable bonds is 6. The summed E-state index contributed by atoms with van der Waals surface area (Å²) in [4.78, 5) is 13.5. The summed E-state index contributed by atoms with van der Waals surface area (Å²) in [6.45, 7) is 1.70. The number of benzene rings is 1. The SMILES string of the molecule is O=C1CCCN1CCCSc1nnnn1-c1cccc(Cl)c1. The molecule has 0 atom stereocenters. The quantitative estimate of drug-likeness (QED) is 0.598. The first-order valence-electron chi connectivity index (χ1n) is 7.19. The second-order valence-electron chi connectivity index (χ2n) is 5.04. The number of hydrogen-bond acceptors (Lipinski definition) is 5. The van der Waals surface area contributed by atoms with Crippen LogP contribution in [0.25, 0.3) is 5.69 Å². The largest absolute Gasteiger partial charge is 0.343 e. The molecule has 0 aliphatic carbocycles. The maximum Gasteiger partial charge on any atom is 0.222 e. The lowest BCUT2D eigenvalue weighted by molar-refractivity contribution is -0.127. The van der Waals surface area contributed by atoms with E-state index in [4.69, 9.17) is 11.6 Å². The van der Waals surface area contributed by atoms with E-state index < -0.39 is 0 Å². The monoisotopic (exact) mass is 337 g/mol. The van der Waals surface area contributed by atoms with Gasteiger partial charge in [0.2, 0.25) is 11.1 Å². The number of halogens is 1. The summed E-state index contributed by atoms with van der Waals surface area (Å²) in [6, 6.07) is 7.42. The molecule has 0 unspecified atom stereocenters. The highest BCUT2D eigenvalue weighted by Crippen LogP contribution is 2.21. The normalized spacial score (nSPS) is 14.8. The third-order valence-corrected chi connectivity index (χ3v) is 4.71. The third-order valence-electron chi connectivity index (χ3n) is 3.47. The molecule has 116 valence electrons. The van der Waals surface area contributed by atoms with E-state index in [0.717, 1.165) is 42.5 Å². The summed E-state index contributed by atoms with van der Waals surface area (Å²) in [5, 5.41) is 13.2. The number of hydrogen-bond donors (Lipinski definition) is 0. The van der Waals surface area contributed by atoms with Gasteiger partial charge in [-0.25, -0.2) is 0 Å². The van der Waals surface area contributed by atoms with Crippen LogP contribution < -0.4 is 0 Å². The molecule has 0 bridgehead atoms. The fraction of sp³-hybridized carbons (Fsp3) is 0.429. The topological polar surface area (TPSA) is 63.9 Å². The van der Waals surface area contributed by atoms with Crippen LogP contribution in [0.4, 0.5) is 0 Å². The van der Waals surface area contributed by atoms with Gasteiger partial charge in [-0.3, -0.25) is 4.79 Å². The Morgan fingerprint density at radius 1 is 1.36 bits per heavy atom. The number of amides is 1. The summed E-state index contributed by atoms with van der Waals surface area (Å²) >= 11 is 7.59. The highest BCUT2D eigenvalue weighted by molar-refractivity contribution is 7.99. The van der Waals surface area contributed by atoms with Gasteiger partial charge in [-0.05, 0) is 41.5 Å². The zero-order chi connectivity index (χ0) is 15.4. The van der Waals surface area contributed by atoms with E-state index in [0.29, 0.717) is 11.4 Å². The lowest BCUT2D eigenvalue weighted by Gasteiger charge is -2.14. The highest BCUT2D eigenvalue weighted by atomic mass is 35.5. The van der Waals surface area contributed by atoms with Gasteiger partial charge >= 0.3 is 0 Å². The van der Waals surface area contributed by atoms with Crippen LogP contribution in [0.2, 0.25) is 5.02 Å². The summed E-state index contributed by atoms with van der Waals surface area (Å²) in [7, 11) is 0. The Hall–Kier alpha value is -1.60. The summed E-state index contributed by atoms with van der Waals surface area (Å²) in [6.07, 6.45) is 2.61. The predicted octanol–water partition coefficient (Wildman–Crippen LogP) is 2.42. The molecule has 6 nitrogen and oxygen atoms in total. The summed E-state index contributed by atoms with van der Waals surface area (Å²) in [5.74, 6) is 1.14. The maximum atomic E-state index is 11.5. The summed E-state index contributed by atoms with van der Waals surface area (Å²) in [5.41, 5.74) is 0.842. The van der Waals surface area contributed by atoms with Gasteiger partial charge < -0.3 is 4.90 Å². The smallest absolute Gasteiger partial charge is 0.222 e. The highest BCUT2D eigenvalue weighted by Gasteiger charge is 2.19. The van der Waals surface area contributed by atoms with E-state index in [9.17, 15) is 4.79 Å². The van der Waals surface area contributed by atoms with Crippen molar-refractivity contribution in [1.29, 1.82) is 0 Å². The van der Waals surface area contributed by atoms with Gasteiger partial charge in [0.1, 0.15) is 0 Å². The number of carbonyl (C=O) groups excluding carboxylic acids is 1. The molecular formula is C14H16ClN5OS. The molecule has 2 aromatic rings. The molecule has 8 heteroatoms. The van der Waals surface area contributed by atoms with Crippen molar-refractivity contribution in [2.45, 2.75) is 24.4 Å². The Balaban J connectivity index is 1.55. The molecule has 1 fully saturated rings. The lowest BCUT2D eigenvalue weighted by Crippen LogP contribution is -2.25. The number of likely N-dealkylation sites (tertiary alicyclic amines) is 1. The Kier molecular flexibility index (Phi) is 4.94. The van der Waals surface area contributed by atoms with Crippen LogP contribution in [-0.4, -0.2) is 49.9 Å². The molecule has 1 saturated heterocycles. The molecule has 1 amide bonds. The van der Waals surface area contributed by atoms with Crippen LogP contribution in [0.15, 0.2) is 29.4 Å². The van der Waals surface area contributed by atoms with Crippen molar-refractivity contribution < 1.29 is 4.79 Å². The second kappa shape index (κ2) is 7.11. The average Bonchev–Trinajstić information content (AvgIpc) is 3.13. The Bertz CT molecular complexity index is 662. The molecule has 1 aliphatic rings. The van der Waals surface area contributed by atoms with E-state index in [1.54, 1.807) is 16.4 Å². The van der Waals surface area contributed by atoms with Crippen molar-refractivity contribution in [2.24, 2.45) is 0 Å². The molecular weight excluding hydrogens is 322 g/mol. The molecule has 0 radical (unpaired) electrons. The number of thioether (sulfide) groups is 1. The van der Waals surface area contributed by atoms with Gasteiger partial charge in [0, 0.05) is 30.3 Å². The minimum atomic E-state index is 0.272. The molecule has 3 rings (SSSR count). The number of aromatic nitrogens is 4. The van der Waals surface area contributed by atoms with E-state index in [1.807, 2.05) is 29.2 Å². The fourth-order valence-electron chi connectivity index (χ4n) is 2.40. The molecule has 1 aromatic heterocycles. The van der Waals surface area contributed by atoms with Crippen molar-refractivity contribution in [1.82, 2.24) is 25.1 Å². The zero-order valence-corrected chi connectivity index (χ0v) is 13.6. The van der Waals surface area contributed by atoms with Crippen molar-refractivity contribution in [3.63, 3.8) is 0 Å². The van der Waals surface area contributed by atoms with Gasteiger partial charge in [0.05, 0.1) is 5.69 Å². The molecule has 2 heterocycles. The lowest BCUT2D eigenvalue weighted by atomic mass is 10.3. The Morgan fingerprint density at radius 2 is 2.27 bits per heavy atom. The van der Waals surface area contributed by atoms with Crippen LogP contribution in [0.1, 0.15) is 19.3 Å². The van der Waals surface area contributed by atoms with E-state index in [1.165, 1.54) is 0 Å². The first kappa shape index (κ1) is 15.3. The van der Waals surface area contributed by atoms with Gasteiger partial charge in [-0.2, -0.15) is 4.68 Å². The number of carbonyl (C=O) groups is 1. The van der Waals surface area contributed by atoms with E-state index in [2.05, 4.69) is 15.5 Å². The molecule has 0 spiro atoms. The van der Waals surface area contributed by atoms with Gasteiger partial charge in [0.15, 0.2) is 0 Å². The standard InChI is InChI=1S/C14H16ClN5OS/c15-11-4-1-5-12(10-11)20-14(16-17-18-20)22-9-3-8-19-7-2-6-13(19)21/h1,4-5,10H,2-3,6-9H2. The van der Waals surface area contributed by atoms with E-state index >= 15 is 0 Å². The Labute approximate surface area is 137 Å². The molecule has 22 heavy (non-hydrogen) atoms. The van der Waals surface area contributed by atoms with Crippen LogP contribution in [0, 0.1) is 0 Å². The number of nitrogens with zero attached hydrogens (tertiary/aromatic N) is 5. The van der Waals surface area contributed by atoms with Gasteiger partial charge in [-0.1, -0.05) is 29.4 Å². The van der Waals surface area contributed by atoms with Crippen LogP contribution >= 0.6 is 23.4 Å². The minimum Gasteiger partial charge on any atom is -0.343 e. The van der Waals surface area contributed by atoms with Crippen molar-refractivity contribution in [3.05, 3.63) is 29.3 Å². The van der Waals surface area contributed by atoms with Crippen LogP contribution in [0.5, 0.6) is 0 Å². The van der Waals surface area contributed by atoms with Crippen molar-refractivity contribution in [3.8, 4) is 5.69 Å². The minimum absolute atomic E-state index is 0.272. The average molecular weight is 338 g/mol. The first-order valence-corrected chi connectivity index (χ1v) is 8.55. The fourth-order valence-corrected chi connectivity index (χ4v) is 3.40.